The van der Waals surface area contributed by atoms with Gasteiger partial charge in [0.2, 0.25) is 0 Å². The summed E-state index contributed by atoms with van der Waals surface area (Å²) in [6.45, 7) is 5.14. The Morgan fingerprint density at radius 1 is 1.26 bits per heavy atom. The van der Waals surface area contributed by atoms with Crippen molar-refractivity contribution < 1.29 is 18.7 Å². The van der Waals surface area contributed by atoms with Crippen LogP contribution in [0.5, 0.6) is 0 Å². The quantitative estimate of drug-likeness (QED) is 0.302. The highest BCUT2D eigenvalue weighted by Gasteiger charge is 2.35. The van der Waals surface area contributed by atoms with Crippen molar-refractivity contribution in [2.24, 2.45) is 0 Å². The Kier molecular flexibility index (Phi) is 6.00. The molecule has 0 amide bonds. The summed E-state index contributed by atoms with van der Waals surface area (Å²) in [7, 11) is 0. The monoisotopic (exact) mass is 422 g/mol. The Labute approximate surface area is 179 Å². The van der Waals surface area contributed by atoms with E-state index in [1.54, 1.807) is 0 Å². The average molecular weight is 422 g/mol. The predicted molar refractivity (Wildman–Crippen MR) is 118 cm³/mol. The van der Waals surface area contributed by atoms with Gasteiger partial charge in [-0.15, -0.1) is 6.58 Å². The molecule has 1 atom stereocenters. The maximum atomic E-state index is 15.3. The van der Waals surface area contributed by atoms with Crippen molar-refractivity contribution in [2.45, 2.75) is 25.3 Å². The van der Waals surface area contributed by atoms with Crippen LogP contribution in [-0.2, 0) is 11.2 Å². The second kappa shape index (κ2) is 8.86. The average Bonchev–Trinajstić information content (AvgIpc) is 3.12. The van der Waals surface area contributed by atoms with Gasteiger partial charge in [0.25, 0.3) is 0 Å². The number of aromatic nitrogens is 1. The van der Waals surface area contributed by atoms with Gasteiger partial charge in [-0.3, -0.25) is 4.90 Å². The van der Waals surface area contributed by atoms with Crippen molar-refractivity contribution in [3.8, 4) is 0 Å². The number of carboxylic acids is 1. The molecule has 2 N–H and O–H groups in total. The maximum absolute atomic E-state index is 15.3. The molecule has 0 saturated heterocycles. The van der Waals surface area contributed by atoms with Crippen LogP contribution in [0, 0.1) is 11.6 Å². The number of benzene rings is 2. The highest BCUT2D eigenvalue weighted by Crippen LogP contribution is 2.40. The van der Waals surface area contributed by atoms with Gasteiger partial charge in [-0.1, -0.05) is 24.3 Å². The number of H-pyrrole nitrogens is 1. The van der Waals surface area contributed by atoms with Crippen LogP contribution in [0.4, 0.5) is 8.78 Å². The SMILES string of the molecule is C=CCCCN1CCc2c([nH]c3ccccc23)[C@@H]1c1c(F)cc(/C=C/C(=O)O)cc1F. The molecule has 6 heteroatoms. The summed E-state index contributed by atoms with van der Waals surface area (Å²) < 4.78 is 30.5. The van der Waals surface area contributed by atoms with Gasteiger partial charge in [-0.2, -0.15) is 0 Å². The van der Waals surface area contributed by atoms with E-state index in [0.29, 0.717) is 13.1 Å². The summed E-state index contributed by atoms with van der Waals surface area (Å²) in [4.78, 5) is 16.3. The molecule has 160 valence electrons. The number of nitrogens with one attached hydrogen (secondary N) is 1. The van der Waals surface area contributed by atoms with E-state index in [-0.39, 0.29) is 11.1 Å². The minimum atomic E-state index is -1.17. The molecule has 2 heterocycles. The number of hydrogen-bond donors (Lipinski definition) is 2. The Bertz CT molecular complexity index is 1140. The van der Waals surface area contributed by atoms with Crippen molar-refractivity contribution in [3.63, 3.8) is 0 Å². The zero-order chi connectivity index (χ0) is 22.0. The van der Waals surface area contributed by atoms with Gasteiger partial charge in [-0.25, -0.2) is 13.6 Å². The molecule has 0 aliphatic carbocycles. The van der Waals surface area contributed by atoms with Crippen LogP contribution in [0.1, 0.15) is 41.3 Å². The van der Waals surface area contributed by atoms with Crippen LogP contribution >= 0.6 is 0 Å². The van der Waals surface area contributed by atoms with E-state index in [2.05, 4.69) is 16.5 Å². The second-order valence-electron chi connectivity index (χ2n) is 7.75. The summed E-state index contributed by atoms with van der Waals surface area (Å²) in [5, 5.41) is 9.87. The van der Waals surface area contributed by atoms with Crippen LogP contribution in [0.3, 0.4) is 0 Å². The number of rotatable bonds is 7. The maximum Gasteiger partial charge on any atom is 0.328 e. The number of hydrogen-bond acceptors (Lipinski definition) is 2. The largest absolute Gasteiger partial charge is 0.478 e. The second-order valence-corrected chi connectivity index (χ2v) is 7.75. The number of carboxylic acid groups (broad SMARTS) is 1. The predicted octanol–water partition coefficient (Wildman–Crippen LogP) is 5.46. The number of carbonyl (C=O) groups is 1. The molecular formula is C25H24F2N2O2. The normalized spacial score (nSPS) is 16.6. The van der Waals surface area contributed by atoms with Crippen LogP contribution in [0.25, 0.3) is 17.0 Å². The Morgan fingerprint density at radius 2 is 2.00 bits per heavy atom. The first-order valence-corrected chi connectivity index (χ1v) is 10.3. The fourth-order valence-corrected chi connectivity index (χ4v) is 4.43. The van der Waals surface area contributed by atoms with Crippen molar-refractivity contribution in [3.05, 3.63) is 89.1 Å². The number of para-hydroxylation sites is 1. The molecule has 1 aliphatic rings. The summed E-state index contributed by atoms with van der Waals surface area (Å²) in [6, 6.07) is 9.70. The van der Waals surface area contributed by atoms with Gasteiger partial charge >= 0.3 is 5.97 Å². The number of fused-ring (bicyclic) bond motifs is 3. The number of nitrogens with zero attached hydrogens (tertiary/aromatic N) is 1. The molecule has 1 aliphatic heterocycles. The molecule has 4 rings (SSSR count). The first kappa shape index (κ1) is 21.0. The molecule has 0 bridgehead atoms. The van der Waals surface area contributed by atoms with E-state index in [9.17, 15) is 4.79 Å². The van der Waals surface area contributed by atoms with Gasteiger partial charge in [0.15, 0.2) is 0 Å². The summed E-state index contributed by atoms with van der Waals surface area (Å²) >= 11 is 0. The molecule has 0 unspecified atom stereocenters. The Balaban J connectivity index is 1.82. The molecule has 4 nitrogen and oxygen atoms in total. The first-order chi connectivity index (χ1) is 15.0. The van der Waals surface area contributed by atoms with Gasteiger partial charge in [0.05, 0.1) is 6.04 Å². The lowest BCUT2D eigenvalue weighted by molar-refractivity contribution is -0.131. The zero-order valence-electron chi connectivity index (χ0n) is 17.1. The van der Waals surface area contributed by atoms with Gasteiger partial charge < -0.3 is 10.1 Å². The van der Waals surface area contributed by atoms with Crippen molar-refractivity contribution in [1.82, 2.24) is 9.88 Å². The minimum Gasteiger partial charge on any atom is -0.478 e. The highest BCUT2D eigenvalue weighted by molar-refractivity contribution is 5.86. The van der Waals surface area contributed by atoms with E-state index < -0.39 is 23.6 Å². The van der Waals surface area contributed by atoms with E-state index in [0.717, 1.165) is 47.5 Å². The van der Waals surface area contributed by atoms with Crippen LogP contribution < -0.4 is 0 Å². The van der Waals surface area contributed by atoms with Gasteiger partial charge in [0, 0.05) is 34.8 Å². The number of halogens is 2. The first-order valence-electron chi connectivity index (χ1n) is 10.3. The summed E-state index contributed by atoms with van der Waals surface area (Å²) in [5.41, 5.74) is 3.02. The third-order valence-corrected chi connectivity index (χ3v) is 5.78. The van der Waals surface area contributed by atoms with Crippen LogP contribution in [-0.4, -0.2) is 34.0 Å². The van der Waals surface area contributed by atoms with Crippen molar-refractivity contribution in [1.29, 1.82) is 0 Å². The van der Waals surface area contributed by atoms with Gasteiger partial charge in [-0.05, 0) is 61.2 Å². The zero-order valence-corrected chi connectivity index (χ0v) is 17.1. The van der Waals surface area contributed by atoms with E-state index in [1.807, 2.05) is 30.3 Å². The molecule has 0 radical (unpaired) electrons. The standard InChI is InChI=1S/C25H24F2N2O2/c1-2-3-6-12-29-13-11-18-17-7-4-5-8-21(17)28-24(18)25(29)23-19(26)14-16(15-20(23)27)9-10-22(30)31/h2,4-5,7-10,14-15,25,28H,1,3,6,11-13H2,(H,30,31)/b10-9+/t25-/m0/s1. The molecular weight excluding hydrogens is 398 g/mol. The topological polar surface area (TPSA) is 56.3 Å². The molecule has 0 spiro atoms. The number of aromatic amines is 1. The molecule has 0 saturated carbocycles. The molecule has 3 aromatic rings. The fourth-order valence-electron chi connectivity index (χ4n) is 4.43. The summed E-state index contributed by atoms with van der Waals surface area (Å²) in [5.74, 6) is -2.54. The third-order valence-electron chi connectivity index (χ3n) is 5.78. The number of unbranched alkanes of at least 4 members (excludes halogenated alkanes) is 1. The summed E-state index contributed by atoms with van der Waals surface area (Å²) in [6.07, 6.45) is 6.37. The number of aliphatic carboxylic acids is 1. The Morgan fingerprint density at radius 3 is 2.71 bits per heavy atom. The van der Waals surface area contributed by atoms with Gasteiger partial charge in [0.1, 0.15) is 11.6 Å². The molecule has 0 fully saturated rings. The molecule has 31 heavy (non-hydrogen) atoms. The molecule has 1 aromatic heterocycles. The smallest absolute Gasteiger partial charge is 0.328 e. The van der Waals surface area contributed by atoms with Crippen molar-refractivity contribution >= 4 is 22.9 Å². The Hall–Kier alpha value is -3.25. The highest BCUT2D eigenvalue weighted by atomic mass is 19.1. The third kappa shape index (κ3) is 4.16. The fraction of sp³-hybridized carbons (Fsp3) is 0.240. The van der Waals surface area contributed by atoms with E-state index in [4.69, 9.17) is 5.11 Å². The van der Waals surface area contributed by atoms with E-state index >= 15 is 8.78 Å². The van der Waals surface area contributed by atoms with Crippen LogP contribution in [0.15, 0.2) is 55.1 Å². The van der Waals surface area contributed by atoms with Crippen molar-refractivity contribution in [2.75, 3.05) is 13.1 Å². The lowest BCUT2D eigenvalue weighted by Gasteiger charge is -2.36. The number of allylic oxidation sites excluding steroid dienone is 1. The lowest BCUT2D eigenvalue weighted by atomic mass is 9.91. The minimum absolute atomic E-state index is 0.0152. The molecule has 2 aromatic carbocycles. The lowest BCUT2D eigenvalue weighted by Crippen LogP contribution is -2.37. The van der Waals surface area contributed by atoms with Crippen LogP contribution in [0.2, 0.25) is 0 Å². The van der Waals surface area contributed by atoms with E-state index in [1.165, 1.54) is 18.2 Å².